The lowest BCUT2D eigenvalue weighted by Gasteiger charge is -2.34. The zero-order valence-electron chi connectivity index (χ0n) is 11.9. The molecule has 2 atom stereocenters. The largest absolute Gasteiger partial charge is 0.433 e. The highest BCUT2D eigenvalue weighted by Gasteiger charge is 2.41. The minimum Gasteiger partial charge on any atom is -0.391 e. The summed E-state index contributed by atoms with van der Waals surface area (Å²) < 4.78 is 40.1. The normalized spacial score (nSPS) is 23.4. The van der Waals surface area contributed by atoms with E-state index in [1.807, 2.05) is 6.92 Å². The maximum atomic E-state index is 13.1. The van der Waals surface area contributed by atoms with Gasteiger partial charge in [-0.05, 0) is 19.3 Å². The van der Waals surface area contributed by atoms with Crippen molar-refractivity contribution in [2.75, 3.05) is 13.1 Å². The summed E-state index contributed by atoms with van der Waals surface area (Å²) in [6.45, 7) is 3.80. The number of aliphatic hydroxyl groups is 1. The van der Waals surface area contributed by atoms with E-state index in [0.717, 1.165) is 10.9 Å². The Labute approximate surface area is 120 Å². The minimum absolute atomic E-state index is 0.0295. The Kier molecular flexibility index (Phi) is 4.27. The Morgan fingerprint density at radius 1 is 1.52 bits per heavy atom. The lowest BCUT2D eigenvalue weighted by atomic mass is 9.95. The first-order valence-corrected chi connectivity index (χ1v) is 6.86. The Morgan fingerprint density at radius 2 is 2.19 bits per heavy atom. The number of aliphatic hydroxyl groups excluding tert-OH is 1. The van der Waals surface area contributed by atoms with Gasteiger partial charge in [-0.1, -0.05) is 6.92 Å². The van der Waals surface area contributed by atoms with Crippen LogP contribution in [0.25, 0.3) is 0 Å². The van der Waals surface area contributed by atoms with Crippen LogP contribution < -0.4 is 0 Å². The van der Waals surface area contributed by atoms with Crippen LogP contribution in [-0.2, 0) is 12.7 Å². The summed E-state index contributed by atoms with van der Waals surface area (Å²) in [6, 6.07) is 0. The van der Waals surface area contributed by atoms with E-state index in [4.69, 9.17) is 0 Å². The van der Waals surface area contributed by atoms with Crippen LogP contribution in [0.15, 0.2) is 6.20 Å². The van der Waals surface area contributed by atoms with Gasteiger partial charge in [-0.15, -0.1) is 0 Å². The van der Waals surface area contributed by atoms with Crippen LogP contribution in [0, 0.1) is 5.92 Å². The monoisotopic (exact) mass is 305 g/mol. The molecule has 1 saturated heterocycles. The van der Waals surface area contributed by atoms with Gasteiger partial charge in [-0.2, -0.15) is 18.3 Å². The fourth-order valence-corrected chi connectivity index (χ4v) is 2.48. The molecule has 118 valence electrons. The van der Waals surface area contributed by atoms with E-state index in [1.165, 1.54) is 11.8 Å². The number of amides is 1. The van der Waals surface area contributed by atoms with Crippen molar-refractivity contribution < 1.29 is 23.1 Å². The fraction of sp³-hybridized carbons (Fsp3) is 0.692. The molecule has 1 N–H and O–H groups in total. The van der Waals surface area contributed by atoms with Crippen LogP contribution in [0.1, 0.15) is 36.3 Å². The molecule has 1 aromatic rings. The van der Waals surface area contributed by atoms with Crippen molar-refractivity contribution in [2.45, 2.75) is 39.1 Å². The molecule has 2 heterocycles. The van der Waals surface area contributed by atoms with Gasteiger partial charge >= 0.3 is 6.18 Å². The Morgan fingerprint density at radius 3 is 2.71 bits per heavy atom. The zero-order chi connectivity index (χ0) is 15.8. The first-order chi connectivity index (χ1) is 9.75. The average Bonchev–Trinajstić information content (AvgIpc) is 2.85. The van der Waals surface area contributed by atoms with Crippen LogP contribution in [0.4, 0.5) is 13.2 Å². The third-order valence-corrected chi connectivity index (χ3v) is 3.84. The number of β-amino-alcohol motifs (C(OH)–C–C–N with tert-alkyl or cyclic N) is 1. The summed E-state index contributed by atoms with van der Waals surface area (Å²) >= 11 is 0. The van der Waals surface area contributed by atoms with Crippen LogP contribution in [0.2, 0.25) is 0 Å². The molecular weight excluding hydrogens is 287 g/mol. The van der Waals surface area contributed by atoms with Gasteiger partial charge in [0.15, 0.2) is 5.69 Å². The molecule has 1 fully saturated rings. The Bertz CT molecular complexity index is 527. The molecule has 1 aliphatic heterocycles. The number of piperidine rings is 1. The van der Waals surface area contributed by atoms with Gasteiger partial charge in [0.25, 0.3) is 5.91 Å². The number of carbonyl (C=O) groups excluding carboxylic acids is 1. The lowest BCUT2D eigenvalue weighted by Crippen LogP contribution is -2.46. The second-order valence-corrected chi connectivity index (χ2v) is 5.30. The average molecular weight is 305 g/mol. The van der Waals surface area contributed by atoms with Crippen molar-refractivity contribution in [1.29, 1.82) is 0 Å². The Balaban J connectivity index is 2.30. The Hall–Kier alpha value is -1.57. The van der Waals surface area contributed by atoms with E-state index in [9.17, 15) is 23.1 Å². The molecule has 1 aliphatic rings. The van der Waals surface area contributed by atoms with E-state index in [2.05, 4.69) is 5.10 Å². The number of hydrogen-bond acceptors (Lipinski definition) is 3. The van der Waals surface area contributed by atoms with E-state index >= 15 is 0 Å². The summed E-state index contributed by atoms with van der Waals surface area (Å²) in [4.78, 5) is 13.6. The molecule has 8 heteroatoms. The number of hydrogen-bond donors (Lipinski definition) is 1. The highest BCUT2D eigenvalue weighted by Crippen LogP contribution is 2.33. The second-order valence-electron chi connectivity index (χ2n) is 5.30. The maximum Gasteiger partial charge on any atom is 0.433 e. The number of carbonyl (C=O) groups is 1. The predicted molar refractivity (Wildman–Crippen MR) is 68.6 cm³/mol. The van der Waals surface area contributed by atoms with Crippen molar-refractivity contribution in [2.24, 2.45) is 5.92 Å². The summed E-state index contributed by atoms with van der Waals surface area (Å²) in [5.41, 5.74) is -1.48. The van der Waals surface area contributed by atoms with Crippen molar-refractivity contribution in [3.05, 3.63) is 17.5 Å². The number of alkyl halides is 3. The topological polar surface area (TPSA) is 58.4 Å². The van der Waals surface area contributed by atoms with Crippen molar-refractivity contribution in [3.63, 3.8) is 0 Å². The van der Waals surface area contributed by atoms with E-state index in [1.54, 1.807) is 0 Å². The standard InChI is InChI=1S/C13H18F3N3O2/c1-3-19-11(13(14,15)16)9(6-17-19)12(21)18-5-4-8(2)10(20)7-18/h6,8,10,20H,3-5,7H2,1-2H3. The van der Waals surface area contributed by atoms with E-state index in [-0.39, 0.29) is 19.0 Å². The second kappa shape index (κ2) is 5.67. The molecule has 5 nitrogen and oxygen atoms in total. The SMILES string of the molecule is CCn1ncc(C(=O)N2CCC(C)C(O)C2)c1C(F)(F)F. The number of nitrogens with zero attached hydrogens (tertiary/aromatic N) is 3. The van der Waals surface area contributed by atoms with Crippen LogP contribution in [-0.4, -0.2) is 44.9 Å². The maximum absolute atomic E-state index is 13.1. The predicted octanol–water partition coefficient (Wildman–Crippen LogP) is 1.76. The van der Waals surface area contributed by atoms with Gasteiger partial charge in [0.05, 0.1) is 17.9 Å². The fourth-order valence-electron chi connectivity index (χ4n) is 2.48. The highest BCUT2D eigenvalue weighted by molar-refractivity contribution is 5.95. The van der Waals surface area contributed by atoms with Crippen LogP contribution in [0.5, 0.6) is 0 Å². The third kappa shape index (κ3) is 3.04. The molecule has 0 bridgehead atoms. The van der Waals surface area contributed by atoms with Crippen molar-refractivity contribution in [1.82, 2.24) is 14.7 Å². The van der Waals surface area contributed by atoms with E-state index < -0.39 is 29.4 Å². The van der Waals surface area contributed by atoms with Gasteiger partial charge in [0.2, 0.25) is 0 Å². The van der Waals surface area contributed by atoms with Gasteiger partial charge < -0.3 is 10.0 Å². The quantitative estimate of drug-likeness (QED) is 0.906. The number of likely N-dealkylation sites (tertiary alicyclic amines) is 1. The zero-order valence-corrected chi connectivity index (χ0v) is 11.9. The van der Waals surface area contributed by atoms with Gasteiger partial charge in [0.1, 0.15) is 0 Å². The molecule has 0 radical (unpaired) electrons. The summed E-state index contributed by atoms with van der Waals surface area (Å²) in [5.74, 6) is -0.692. The van der Waals surface area contributed by atoms with Gasteiger partial charge in [-0.25, -0.2) is 0 Å². The van der Waals surface area contributed by atoms with Crippen LogP contribution in [0.3, 0.4) is 0 Å². The smallest absolute Gasteiger partial charge is 0.391 e. The molecule has 21 heavy (non-hydrogen) atoms. The molecule has 0 aromatic carbocycles. The van der Waals surface area contributed by atoms with Crippen LogP contribution >= 0.6 is 0 Å². The lowest BCUT2D eigenvalue weighted by molar-refractivity contribution is -0.144. The third-order valence-electron chi connectivity index (χ3n) is 3.84. The molecule has 0 saturated carbocycles. The van der Waals surface area contributed by atoms with Gasteiger partial charge in [-0.3, -0.25) is 9.48 Å². The molecule has 0 aliphatic carbocycles. The summed E-state index contributed by atoms with van der Waals surface area (Å²) in [6.07, 6.45) is -3.83. The molecular formula is C13H18F3N3O2. The highest BCUT2D eigenvalue weighted by atomic mass is 19.4. The first-order valence-electron chi connectivity index (χ1n) is 6.86. The number of rotatable bonds is 2. The van der Waals surface area contributed by atoms with Crippen molar-refractivity contribution >= 4 is 5.91 Å². The molecule has 1 amide bonds. The van der Waals surface area contributed by atoms with Crippen molar-refractivity contribution in [3.8, 4) is 0 Å². The molecule has 2 rings (SSSR count). The minimum atomic E-state index is -4.64. The van der Waals surface area contributed by atoms with E-state index in [0.29, 0.717) is 13.0 Å². The van der Waals surface area contributed by atoms with Gasteiger partial charge in [0, 0.05) is 19.6 Å². The summed E-state index contributed by atoms with van der Waals surface area (Å²) in [7, 11) is 0. The molecule has 1 aromatic heterocycles. The molecule has 2 unspecified atom stereocenters. The number of aromatic nitrogens is 2. The number of halogens is 3. The first kappa shape index (κ1) is 15.8. The summed E-state index contributed by atoms with van der Waals surface area (Å²) in [5, 5.41) is 13.4. The molecule has 0 spiro atoms. The number of aryl methyl sites for hydroxylation is 1.